The molecule has 65 heavy (non-hydrogen) atoms. The molecular formula is C53H60N4O8. The van der Waals surface area contributed by atoms with Crippen molar-refractivity contribution in [1.82, 2.24) is 20.1 Å². The fourth-order valence-electron chi connectivity index (χ4n) is 12.3. The van der Waals surface area contributed by atoms with E-state index < -0.39 is 5.41 Å². The van der Waals surface area contributed by atoms with Gasteiger partial charge in [0.05, 0.1) is 12.6 Å². The number of ether oxygens (including phenoxy) is 2. The first kappa shape index (κ1) is 44.4. The Hall–Kier alpha value is -5.85. The highest BCUT2D eigenvalue weighted by atomic mass is 16.5. The van der Waals surface area contributed by atoms with E-state index in [4.69, 9.17) is 18.5 Å². The Morgan fingerprint density at radius 3 is 1.97 bits per heavy atom. The predicted octanol–water partition coefficient (Wildman–Crippen LogP) is 9.42. The van der Waals surface area contributed by atoms with Crippen molar-refractivity contribution >= 4 is 23.1 Å². The number of aliphatic hydroxyl groups excluding tert-OH is 1. The molecule has 10 atom stereocenters. The first-order valence-electron chi connectivity index (χ1n) is 22.9. The molecule has 0 aliphatic heterocycles. The molecule has 7 aliphatic carbocycles. The van der Waals surface area contributed by atoms with Crippen LogP contribution in [0.1, 0.15) is 91.1 Å². The molecule has 7 aliphatic rings. The Balaban J connectivity index is 0.000000137. The first-order chi connectivity index (χ1) is 31.2. The Kier molecular flexibility index (Phi) is 12.2. The van der Waals surface area contributed by atoms with Crippen molar-refractivity contribution < 1.29 is 38.0 Å². The number of aliphatic hydroxyl groups is 1. The van der Waals surface area contributed by atoms with Crippen molar-refractivity contribution in [3.63, 3.8) is 0 Å². The van der Waals surface area contributed by atoms with E-state index in [9.17, 15) is 19.5 Å². The van der Waals surface area contributed by atoms with Gasteiger partial charge in [-0.2, -0.15) is 0 Å². The number of carbonyl (C=O) groups is 3. The summed E-state index contributed by atoms with van der Waals surface area (Å²) in [5.74, 6) is 5.29. The van der Waals surface area contributed by atoms with Crippen LogP contribution in [0.4, 0.5) is 0 Å². The van der Waals surface area contributed by atoms with Gasteiger partial charge in [0, 0.05) is 22.8 Å². The highest BCUT2D eigenvalue weighted by Crippen LogP contribution is 2.65. The number of Topliss-reactive ketones (excluding diaryl/α,β-unsaturated/α-hetero) is 2. The second kappa shape index (κ2) is 17.9. The molecule has 2 aromatic heterocycles. The smallest absolute Gasteiger partial charge is 0.265 e. The van der Waals surface area contributed by atoms with Crippen molar-refractivity contribution in [1.29, 1.82) is 0 Å². The summed E-state index contributed by atoms with van der Waals surface area (Å²) in [6.07, 6.45) is 15.2. The fraction of sp³-hybridized carbons (Fsp3) is 0.453. The lowest BCUT2D eigenvalue weighted by Crippen LogP contribution is -2.50. The number of hydrogen-bond acceptors (Lipinski definition) is 12. The average molecular weight is 881 g/mol. The van der Waals surface area contributed by atoms with Gasteiger partial charge in [0.2, 0.25) is 0 Å². The second-order valence-corrected chi connectivity index (χ2v) is 19.8. The quantitative estimate of drug-likeness (QED) is 0.120. The van der Waals surface area contributed by atoms with Crippen LogP contribution in [-0.2, 0) is 29.3 Å². The second-order valence-electron chi connectivity index (χ2n) is 19.8. The third-order valence-electron chi connectivity index (χ3n) is 14.8. The van der Waals surface area contributed by atoms with E-state index in [0.29, 0.717) is 89.3 Å². The number of rotatable bonds is 10. The summed E-state index contributed by atoms with van der Waals surface area (Å²) in [5, 5.41) is 19.5. The Labute approximate surface area is 381 Å². The van der Waals surface area contributed by atoms with Gasteiger partial charge < -0.3 is 28.5 Å². The minimum atomic E-state index is -0.548. The summed E-state index contributed by atoms with van der Waals surface area (Å²) >= 11 is 0. The van der Waals surface area contributed by atoms with Crippen LogP contribution < -0.4 is 9.47 Å². The molecule has 0 spiro atoms. The number of fused-ring (bicyclic) bond motifs is 12. The van der Waals surface area contributed by atoms with E-state index in [2.05, 4.69) is 53.4 Å². The van der Waals surface area contributed by atoms with Crippen molar-refractivity contribution in [2.45, 2.75) is 72.3 Å². The van der Waals surface area contributed by atoms with E-state index >= 15 is 0 Å². The highest BCUT2D eigenvalue weighted by Gasteiger charge is 2.62. The van der Waals surface area contributed by atoms with Gasteiger partial charge in [0.25, 0.3) is 11.8 Å². The lowest BCUT2D eigenvalue weighted by molar-refractivity contribution is -0.127. The Morgan fingerprint density at radius 1 is 0.800 bits per heavy atom. The van der Waals surface area contributed by atoms with E-state index in [1.165, 1.54) is 18.9 Å². The van der Waals surface area contributed by atoms with Gasteiger partial charge in [-0.15, -0.1) is 0 Å². The molecule has 4 aromatic rings. The molecule has 12 nitrogen and oxygen atoms in total. The summed E-state index contributed by atoms with van der Waals surface area (Å²) in [4.78, 5) is 41.4. The van der Waals surface area contributed by atoms with Gasteiger partial charge >= 0.3 is 0 Å². The third kappa shape index (κ3) is 8.24. The van der Waals surface area contributed by atoms with E-state index in [-0.39, 0.29) is 47.0 Å². The van der Waals surface area contributed by atoms with Crippen LogP contribution in [-0.4, -0.2) is 70.8 Å². The fourth-order valence-corrected chi connectivity index (χ4v) is 12.3. The maximum Gasteiger partial charge on any atom is 0.265 e. The van der Waals surface area contributed by atoms with Gasteiger partial charge in [-0.1, -0.05) is 97.5 Å². The van der Waals surface area contributed by atoms with Gasteiger partial charge in [-0.05, 0) is 131 Å². The molecule has 2 heterocycles. The topological polar surface area (TPSA) is 148 Å². The van der Waals surface area contributed by atoms with Gasteiger partial charge in [-0.3, -0.25) is 19.3 Å². The van der Waals surface area contributed by atoms with Crippen molar-refractivity contribution in [2.24, 2.45) is 52.8 Å². The third-order valence-corrected chi connectivity index (χ3v) is 14.8. The molecule has 0 radical (unpaired) electrons. The monoisotopic (exact) mass is 880 g/mol. The molecule has 340 valence electrons. The minimum absolute atomic E-state index is 0.0138. The van der Waals surface area contributed by atoms with Crippen LogP contribution >= 0.6 is 0 Å². The number of aromatic nitrogens is 2. The number of benzene rings is 2. The van der Waals surface area contributed by atoms with Crippen LogP contribution in [0.3, 0.4) is 0 Å². The molecule has 1 unspecified atom stereocenters. The van der Waals surface area contributed by atoms with Crippen molar-refractivity contribution in [2.75, 3.05) is 28.2 Å². The molecule has 0 saturated heterocycles. The SMILES string of the molecule is CC(=O)c1c(OCc2ccccc2)noc1CN(C)C.CC1=CC(=O)[C@H]2[C@@H](C1)[C@H]1C=C[C@@H]2C1.CN(C)C1c2onc(OCc3ccccc3)c2C(O)=C2C(=O)[C@H]3[C@@H](C[C@]21C)[C@H]1C=C[C@@H]3C1. The average Bonchev–Trinajstić information content (AvgIpc) is 4.14. The zero-order chi connectivity index (χ0) is 45.7. The van der Waals surface area contributed by atoms with Crippen LogP contribution in [0.25, 0.3) is 5.76 Å². The lowest BCUT2D eigenvalue weighted by atomic mass is 9.55. The molecule has 3 saturated carbocycles. The van der Waals surface area contributed by atoms with Gasteiger partial charge in [-0.25, -0.2) is 0 Å². The molecular weight excluding hydrogens is 821 g/mol. The lowest BCUT2D eigenvalue weighted by Gasteiger charge is -2.50. The zero-order valence-electron chi connectivity index (χ0n) is 38.4. The first-order valence-corrected chi connectivity index (χ1v) is 22.9. The standard InChI is InChI=1S/C26H28N2O4.C15H18N2O3.C12H14O/c1-26-12-17-15-9-10-16(11-15)18(17)21(29)20(26)22(30)19-23(24(26)28(2)3)32-27-25(19)31-13-14-7-5-4-6-8-14;1-11(18)14-13(9-17(2)3)20-16-15(14)19-10-12-7-5-4-6-8-12;1-7-4-10-8-2-3-9(6-8)12(10)11(13)5-7/h4-10,15-18,24,30H,11-13H2,1-3H3;4-8H,9-10H2,1-3H3;2-3,5,8-10,12H,4,6H2,1H3/t15-,16+,17-,18+,24?,26+;;8-,9+,10-,12+/m0.0/s1. The maximum absolute atomic E-state index is 13.9. The van der Waals surface area contributed by atoms with E-state index in [0.717, 1.165) is 30.4 Å². The van der Waals surface area contributed by atoms with Crippen LogP contribution in [0, 0.1) is 52.8 Å². The Morgan fingerprint density at radius 2 is 1.37 bits per heavy atom. The van der Waals surface area contributed by atoms with Gasteiger partial charge in [0.15, 0.2) is 28.9 Å². The largest absolute Gasteiger partial charge is 0.507 e. The molecule has 12 heteroatoms. The minimum Gasteiger partial charge on any atom is -0.507 e. The van der Waals surface area contributed by atoms with Crippen LogP contribution in [0.2, 0.25) is 0 Å². The summed E-state index contributed by atoms with van der Waals surface area (Å²) in [6.45, 7) is 6.85. The molecule has 2 aromatic carbocycles. The molecule has 11 rings (SSSR count). The highest BCUT2D eigenvalue weighted by molar-refractivity contribution is 6.07. The van der Waals surface area contributed by atoms with Crippen molar-refractivity contribution in [3.05, 3.63) is 136 Å². The summed E-state index contributed by atoms with van der Waals surface area (Å²) in [5.41, 5.74) is 4.12. The number of hydrogen-bond donors (Lipinski definition) is 1. The number of ketones is 3. The molecule has 4 bridgehead atoms. The van der Waals surface area contributed by atoms with Gasteiger partial charge in [0.1, 0.15) is 30.1 Å². The Bertz CT molecular complexity index is 2570. The number of nitrogens with zero attached hydrogens (tertiary/aromatic N) is 4. The number of carbonyl (C=O) groups excluding carboxylic acids is 3. The molecule has 3 fully saturated rings. The predicted molar refractivity (Wildman–Crippen MR) is 244 cm³/mol. The summed E-state index contributed by atoms with van der Waals surface area (Å²) in [7, 11) is 7.78. The van der Waals surface area contributed by atoms with Crippen LogP contribution in [0.5, 0.6) is 11.8 Å². The summed E-state index contributed by atoms with van der Waals surface area (Å²) in [6, 6.07) is 19.3. The molecule has 0 amide bonds. The zero-order valence-corrected chi connectivity index (χ0v) is 38.4. The normalized spacial score (nSPS) is 29.7. The maximum atomic E-state index is 13.9. The van der Waals surface area contributed by atoms with Crippen molar-refractivity contribution in [3.8, 4) is 11.8 Å². The molecule has 1 N–H and O–H groups in total. The van der Waals surface area contributed by atoms with E-state index in [1.807, 2.05) is 99.8 Å². The van der Waals surface area contributed by atoms with Crippen LogP contribution in [0.15, 0.2) is 111 Å². The number of allylic oxidation sites excluding steroid dienone is 6. The van der Waals surface area contributed by atoms with E-state index in [1.54, 1.807) is 0 Å². The summed E-state index contributed by atoms with van der Waals surface area (Å²) < 4.78 is 22.6.